The first-order valence-corrected chi connectivity index (χ1v) is 13.5. The van der Waals surface area contributed by atoms with Gasteiger partial charge in [0.2, 0.25) is 0 Å². The highest BCUT2D eigenvalue weighted by Crippen LogP contribution is 2.40. The number of rotatable bonds is 8. The number of methoxy groups -OCH3 is 1. The number of aliphatic imine (C=N–C) groups is 1. The maximum absolute atomic E-state index is 13.0. The van der Waals surface area contributed by atoms with Crippen molar-refractivity contribution in [2.45, 2.75) is 13.5 Å². The third-order valence-electron chi connectivity index (χ3n) is 5.63. The Morgan fingerprint density at radius 2 is 1.95 bits per heavy atom. The van der Waals surface area contributed by atoms with E-state index in [1.807, 2.05) is 25.1 Å². The van der Waals surface area contributed by atoms with Gasteiger partial charge in [-0.05, 0) is 82.7 Å². The number of amides is 1. The lowest BCUT2D eigenvalue weighted by Crippen LogP contribution is -2.23. The average molecular weight is 606 g/mol. The number of nitrogens with zero attached hydrogens (tertiary/aromatic N) is 3. The Kier molecular flexibility index (Phi) is 9.07. The van der Waals surface area contributed by atoms with E-state index in [9.17, 15) is 14.9 Å². The van der Waals surface area contributed by atoms with Gasteiger partial charge in [0.25, 0.3) is 5.91 Å². The van der Waals surface area contributed by atoms with Crippen molar-refractivity contribution in [1.29, 1.82) is 5.26 Å². The molecule has 0 radical (unpaired) electrons. The normalized spacial score (nSPS) is 14.9. The molecular formula is C29H24BrN3O5S. The van der Waals surface area contributed by atoms with Gasteiger partial charge in [-0.2, -0.15) is 5.26 Å². The average Bonchev–Trinajstić information content (AvgIpc) is 3.20. The maximum Gasteiger partial charge on any atom is 0.337 e. The van der Waals surface area contributed by atoms with Crippen molar-refractivity contribution in [1.82, 2.24) is 4.90 Å². The number of nitriles is 1. The van der Waals surface area contributed by atoms with Gasteiger partial charge in [0.05, 0.1) is 46.0 Å². The van der Waals surface area contributed by atoms with E-state index in [0.29, 0.717) is 49.5 Å². The van der Waals surface area contributed by atoms with Crippen molar-refractivity contribution < 1.29 is 23.8 Å². The zero-order valence-electron chi connectivity index (χ0n) is 21.4. The van der Waals surface area contributed by atoms with E-state index in [0.717, 1.165) is 11.1 Å². The first kappa shape index (κ1) is 28.0. The van der Waals surface area contributed by atoms with Crippen molar-refractivity contribution in [3.8, 4) is 17.6 Å². The first-order valence-electron chi connectivity index (χ1n) is 11.9. The van der Waals surface area contributed by atoms with E-state index in [1.54, 1.807) is 55.6 Å². The van der Waals surface area contributed by atoms with Crippen LogP contribution in [-0.4, -0.2) is 42.7 Å². The summed E-state index contributed by atoms with van der Waals surface area (Å²) in [7, 11) is 2.97. The van der Waals surface area contributed by atoms with Gasteiger partial charge >= 0.3 is 5.97 Å². The fourth-order valence-electron chi connectivity index (χ4n) is 3.71. The topological polar surface area (TPSA) is 101 Å². The van der Waals surface area contributed by atoms with Crippen LogP contribution in [0.1, 0.15) is 34.0 Å². The molecule has 10 heteroatoms. The molecule has 39 heavy (non-hydrogen) atoms. The van der Waals surface area contributed by atoms with Crippen molar-refractivity contribution in [2.24, 2.45) is 4.99 Å². The predicted octanol–water partition coefficient (Wildman–Crippen LogP) is 6.32. The van der Waals surface area contributed by atoms with Crippen LogP contribution in [-0.2, 0) is 16.1 Å². The summed E-state index contributed by atoms with van der Waals surface area (Å²) in [6.07, 6.45) is 1.76. The molecular weight excluding hydrogens is 582 g/mol. The fraction of sp³-hybridized carbons (Fsp3) is 0.172. The fourth-order valence-corrected chi connectivity index (χ4v) is 5.27. The molecule has 1 amide bonds. The lowest BCUT2D eigenvalue weighted by atomic mass is 10.1. The van der Waals surface area contributed by atoms with Crippen LogP contribution < -0.4 is 9.47 Å². The third kappa shape index (κ3) is 6.50. The second kappa shape index (κ2) is 12.7. The Balaban J connectivity index is 1.60. The molecule has 1 aliphatic heterocycles. The molecule has 4 rings (SSSR count). The zero-order valence-corrected chi connectivity index (χ0v) is 23.8. The number of amidine groups is 1. The number of ether oxygens (including phenoxy) is 3. The molecule has 0 spiro atoms. The van der Waals surface area contributed by atoms with Gasteiger partial charge in [0, 0.05) is 12.6 Å². The molecule has 1 fully saturated rings. The Labute approximate surface area is 239 Å². The smallest absolute Gasteiger partial charge is 0.337 e. The second-order valence-corrected chi connectivity index (χ2v) is 10.1. The minimum Gasteiger partial charge on any atom is -0.490 e. The lowest BCUT2D eigenvalue weighted by Gasteiger charge is -2.15. The van der Waals surface area contributed by atoms with Gasteiger partial charge in [-0.1, -0.05) is 24.3 Å². The minimum absolute atomic E-state index is 0.193. The summed E-state index contributed by atoms with van der Waals surface area (Å²) >= 11 is 4.80. The third-order valence-corrected chi connectivity index (χ3v) is 7.28. The van der Waals surface area contributed by atoms with Gasteiger partial charge in [-0.15, -0.1) is 0 Å². The van der Waals surface area contributed by atoms with E-state index >= 15 is 0 Å². The maximum atomic E-state index is 13.0. The SMILES string of the molecule is CCOc1cc(C=C2SC(=Nc3cccc(C(=O)OC)c3)N(C)C2=O)cc(Br)c1OCc1ccccc1C#N. The van der Waals surface area contributed by atoms with Gasteiger partial charge < -0.3 is 14.2 Å². The van der Waals surface area contributed by atoms with E-state index in [2.05, 4.69) is 27.0 Å². The van der Waals surface area contributed by atoms with Crippen LogP contribution >= 0.6 is 27.7 Å². The van der Waals surface area contributed by atoms with Gasteiger partial charge in [0.15, 0.2) is 16.7 Å². The molecule has 198 valence electrons. The molecule has 3 aromatic rings. The number of likely N-dealkylation sites (N-methyl/N-ethyl adjacent to an activating group) is 1. The van der Waals surface area contributed by atoms with E-state index in [4.69, 9.17) is 14.2 Å². The molecule has 0 atom stereocenters. The van der Waals surface area contributed by atoms with Crippen LogP contribution in [0.15, 0.2) is 75.0 Å². The molecule has 0 N–H and O–H groups in total. The summed E-state index contributed by atoms with van der Waals surface area (Å²) < 4.78 is 17.3. The van der Waals surface area contributed by atoms with Gasteiger partial charge in [-0.3, -0.25) is 9.69 Å². The zero-order chi connectivity index (χ0) is 27.9. The van der Waals surface area contributed by atoms with Crippen molar-refractivity contribution in [3.63, 3.8) is 0 Å². The molecule has 0 bridgehead atoms. The van der Waals surface area contributed by atoms with E-state index in [1.165, 1.54) is 23.8 Å². The minimum atomic E-state index is -0.460. The summed E-state index contributed by atoms with van der Waals surface area (Å²) in [5, 5.41) is 9.84. The Morgan fingerprint density at radius 3 is 2.69 bits per heavy atom. The molecule has 0 aromatic heterocycles. The number of halogens is 1. The number of hydrogen-bond donors (Lipinski definition) is 0. The number of benzene rings is 3. The molecule has 3 aromatic carbocycles. The number of esters is 1. The van der Waals surface area contributed by atoms with E-state index < -0.39 is 5.97 Å². The monoisotopic (exact) mass is 605 g/mol. The van der Waals surface area contributed by atoms with Gasteiger partial charge in [-0.25, -0.2) is 9.79 Å². The van der Waals surface area contributed by atoms with E-state index in [-0.39, 0.29) is 12.5 Å². The van der Waals surface area contributed by atoms with Crippen LogP contribution in [0, 0.1) is 11.3 Å². The summed E-state index contributed by atoms with van der Waals surface area (Å²) in [5.74, 6) is 0.344. The van der Waals surface area contributed by atoms with Crippen molar-refractivity contribution >= 4 is 56.5 Å². The standard InChI is InChI=1S/C29H24BrN3O5S/c1-4-37-24-13-18(12-23(30)26(24)38-17-21-9-6-5-8-20(21)16-31)14-25-27(34)33(2)29(39-25)32-22-11-7-10-19(15-22)28(35)36-3/h5-15H,4,17H2,1-3H3. The molecule has 0 aliphatic carbocycles. The van der Waals surface area contributed by atoms with Crippen LogP contribution in [0.2, 0.25) is 0 Å². The number of hydrogen-bond acceptors (Lipinski definition) is 8. The largest absolute Gasteiger partial charge is 0.490 e. The van der Waals surface area contributed by atoms with Crippen molar-refractivity contribution in [3.05, 3.63) is 92.3 Å². The van der Waals surface area contributed by atoms with Crippen LogP contribution in [0.3, 0.4) is 0 Å². The summed E-state index contributed by atoms with van der Waals surface area (Å²) in [4.78, 5) is 31.4. The highest BCUT2D eigenvalue weighted by atomic mass is 79.9. The summed E-state index contributed by atoms with van der Waals surface area (Å²) in [6.45, 7) is 2.48. The molecule has 0 saturated carbocycles. The summed E-state index contributed by atoms with van der Waals surface area (Å²) in [6, 6.07) is 19.8. The molecule has 8 nitrogen and oxygen atoms in total. The summed E-state index contributed by atoms with van der Waals surface area (Å²) in [5.41, 5.74) is 2.94. The number of carbonyl (C=O) groups excluding carboxylic acids is 2. The Hall–Kier alpha value is -4.07. The van der Waals surface area contributed by atoms with Gasteiger partial charge in [0.1, 0.15) is 6.61 Å². The van der Waals surface area contributed by atoms with Crippen LogP contribution in [0.25, 0.3) is 6.08 Å². The highest BCUT2D eigenvalue weighted by molar-refractivity contribution is 9.10. The molecule has 1 aliphatic rings. The molecule has 1 heterocycles. The molecule has 1 saturated heterocycles. The Morgan fingerprint density at radius 1 is 1.15 bits per heavy atom. The van der Waals surface area contributed by atoms with Crippen molar-refractivity contribution in [2.75, 3.05) is 20.8 Å². The highest BCUT2D eigenvalue weighted by Gasteiger charge is 2.30. The lowest BCUT2D eigenvalue weighted by molar-refractivity contribution is -0.121. The Bertz CT molecular complexity index is 1530. The number of carbonyl (C=O) groups is 2. The quantitative estimate of drug-likeness (QED) is 0.219. The predicted molar refractivity (Wildman–Crippen MR) is 154 cm³/mol. The molecule has 0 unspecified atom stereocenters. The van der Waals surface area contributed by atoms with Crippen LogP contribution in [0.5, 0.6) is 11.5 Å². The first-order chi connectivity index (χ1) is 18.8. The number of thioether (sulfide) groups is 1. The second-order valence-electron chi connectivity index (χ2n) is 8.23. The van der Waals surface area contributed by atoms with Crippen LogP contribution in [0.4, 0.5) is 5.69 Å².